The third kappa shape index (κ3) is 5.76. The molecule has 0 aliphatic carbocycles. The van der Waals surface area contributed by atoms with Crippen LogP contribution >= 0.6 is 0 Å². The van der Waals surface area contributed by atoms with Gasteiger partial charge in [-0.3, -0.25) is 4.79 Å². The Balaban J connectivity index is 1.28. The number of fused-ring (bicyclic) bond motifs is 1. The third-order valence-electron chi connectivity index (χ3n) is 7.96. The van der Waals surface area contributed by atoms with Gasteiger partial charge in [0.2, 0.25) is 0 Å². The van der Waals surface area contributed by atoms with E-state index in [4.69, 9.17) is 9.15 Å². The van der Waals surface area contributed by atoms with E-state index in [0.29, 0.717) is 17.1 Å². The normalized spacial score (nSPS) is 23.9. The number of furan rings is 1. The highest BCUT2D eigenvalue weighted by Crippen LogP contribution is 2.31. The summed E-state index contributed by atoms with van der Waals surface area (Å²) in [7, 11) is 0. The number of carbonyl (C=O) groups is 1. The Morgan fingerprint density at radius 1 is 1.05 bits per heavy atom. The second-order valence-electron chi connectivity index (χ2n) is 10.6. The largest absolute Gasteiger partial charge is 0.456 e. The molecule has 5 rings (SSSR count). The van der Waals surface area contributed by atoms with Crippen molar-refractivity contribution < 1.29 is 29.3 Å². The molecule has 1 amide bonds. The number of carbonyl (C=O) groups excluding carboxylic acids is 1. The van der Waals surface area contributed by atoms with Gasteiger partial charge in [-0.2, -0.15) is 5.26 Å². The van der Waals surface area contributed by atoms with Gasteiger partial charge in [0.1, 0.15) is 35.4 Å². The minimum Gasteiger partial charge on any atom is -0.456 e. The molecule has 9 nitrogen and oxygen atoms in total. The second-order valence-corrected chi connectivity index (χ2v) is 10.6. The first-order valence-electron chi connectivity index (χ1n) is 13.8. The first kappa shape index (κ1) is 27.9. The second kappa shape index (κ2) is 12.2. The van der Waals surface area contributed by atoms with Crippen molar-refractivity contribution in [2.45, 2.75) is 44.5 Å². The number of aliphatic hydroxyl groups excluding tert-OH is 3. The molecular weight excluding hydrogens is 510 g/mol. The van der Waals surface area contributed by atoms with Crippen LogP contribution in [0.2, 0.25) is 0 Å². The van der Waals surface area contributed by atoms with Gasteiger partial charge in [0.05, 0.1) is 19.3 Å². The monoisotopic (exact) mass is 545 g/mol. The fraction of sp³-hybridized carbons (Fsp3) is 0.419. The molecule has 40 heavy (non-hydrogen) atoms. The van der Waals surface area contributed by atoms with Gasteiger partial charge in [-0.1, -0.05) is 18.2 Å². The number of allylic oxidation sites excluding steroid dienone is 1. The first-order chi connectivity index (χ1) is 19.4. The molecule has 2 aliphatic heterocycles. The lowest BCUT2D eigenvalue weighted by Gasteiger charge is -2.36. The molecule has 3 aromatic rings. The number of hydrogen-bond acceptors (Lipinski definition) is 8. The maximum Gasteiger partial charge on any atom is 0.262 e. The molecule has 1 unspecified atom stereocenters. The smallest absolute Gasteiger partial charge is 0.262 e. The van der Waals surface area contributed by atoms with E-state index >= 15 is 0 Å². The Morgan fingerprint density at radius 2 is 1.80 bits per heavy atom. The summed E-state index contributed by atoms with van der Waals surface area (Å²) >= 11 is 0. The maximum atomic E-state index is 12.8. The number of aliphatic hydroxyl groups is 3. The molecule has 0 bridgehead atoms. The van der Waals surface area contributed by atoms with E-state index in [0.717, 1.165) is 29.4 Å². The number of nitriles is 1. The molecular formula is C31H35N3O6. The summed E-state index contributed by atoms with van der Waals surface area (Å²) in [6, 6.07) is 18.2. The summed E-state index contributed by atoms with van der Waals surface area (Å²) in [4.78, 5) is 15.3. The molecule has 2 aromatic carbocycles. The van der Waals surface area contributed by atoms with Crippen molar-refractivity contribution >= 4 is 27.9 Å². The van der Waals surface area contributed by atoms with Crippen LogP contribution in [0.15, 0.2) is 58.5 Å². The van der Waals surface area contributed by atoms with Crippen molar-refractivity contribution in [2.24, 2.45) is 5.92 Å². The maximum absolute atomic E-state index is 12.8. The number of ether oxygens (including phenoxy) is 1. The van der Waals surface area contributed by atoms with Crippen molar-refractivity contribution in [3.63, 3.8) is 0 Å². The van der Waals surface area contributed by atoms with Gasteiger partial charge in [-0.15, -0.1) is 0 Å². The predicted molar refractivity (Wildman–Crippen MR) is 151 cm³/mol. The Hall–Kier alpha value is -3.68. The van der Waals surface area contributed by atoms with Gasteiger partial charge in [0, 0.05) is 42.4 Å². The molecule has 1 aromatic heterocycles. The first-order valence-corrected chi connectivity index (χ1v) is 13.8. The zero-order valence-corrected chi connectivity index (χ0v) is 22.5. The number of benzene rings is 2. The molecule has 9 heteroatoms. The number of rotatable bonds is 7. The standard InChI is InChI=1S/C31H35N3O6/c1-19(25(15-32)31(38)33-16-23-18-39-28(17-35)30(37)29(23)36)26-9-10-27(40-26)22-6-5-21-14-24(8-7-20(21)13-22)34-11-3-2-4-12-34/h5-10,13-14,23,28-30,35-37H,2-4,11-12,16-18H2,1H3,(H,33,38)/b25-19+/t23?,28-,29-,30-/m1/s1. The van der Waals surface area contributed by atoms with Gasteiger partial charge in [-0.25, -0.2) is 0 Å². The number of anilines is 1. The molecule has 210 valence electrons. The van der Waals surface area contributed by atoms with Gasteiger partial charge in [0.25, 0.3) is 5.91 Å². The lowest BCUT2D eigenvalue weighted by Crippen LogP contribution is -2.54. The highest BCUT2D eigenvalue weighted by Gasteiger charge is 2.38. The van der Waals surface area contributed by atoms with Crippen LogP contribution in [0.4, 0.5) is 5.69 Å². The van der Waals surface area contributed by atoms with Crippen LogP contribution in [0.5, 0.6) is 0 Å². The van der Waals surface area contributed by atoms with Gasteiger partial charge in [0.15, 0.2) is 0 Å². The van der Waals surface area contributed by atoms with Crippen LogP contribution in [0.3, 0.4) is 0 Å². The summed E-state index contributed by atoms with van der Waals surface area (Å²) in [5.41, 5.74) is 2.43. The molecule has 2 aliphatic rings. The van der Waals surface area contributed by atoms with Crippen molar-refractivity contribution in [1.82, 2.24) is 5.32 Å². The average Bonchev–Trinajstić information content (AvgIpc) is 3.49. The van der Waals surface area contributed by atoms with Gasteiger partial charge in [-0.05, 0) is 67.3 Å². The third-order valence-corrected chi connectivity index (χ3v) is 7.96. The van der Waals surface area contributed by atoms with Gasteiger partial charge >= 0.3 is 0 Å². The van der Waals surface area contributed by atoms with Gasteiger partial charge < -0.3 is 34.7 Å². The van der Waals surface area contributed by atoms with Crippen LogP contribution in [-0.4, -0.2) is 72.4 Å². The molecule has 0 radical (unpaired) electrons. The molecule has 3 heterocycles. The molecule has 0 saturated carbocycles. The molecule has 2 saturated heterocycles. The van der Waals surface area contributed by atoms with Crippen molar-refractivity contribution in [2.75, 3.05) is 37.7 Å². The van der Waals surface area contributed by atoms with E-state index in [2.05, 4.69) is 40.5 Å². The number of nitrogens with zero attached hydrogens (tertiary/aromatic N) is 2. The summed E-state index contributed by atoms with van der Waals surface area (Å²) in [5, 5.41) is 44.2. The molecule has 4 N–H and O–H groups in total. The van der Waals surface area contributed by atoms with E-state index < -0.39 is 36.7 Å². The highest BCUT2D eigenvalue weighted by atomic mass is 16.5. The van der Waals surface area contributed by atoms with E-state index in [9.17, 15) is 25.4 Å². The summed E-state index contributed by atoms with van der Waals surface area (Å²) in [6.07, 6.45) is 0.455. The van der Waals surface area contributed by atoms with E-state index in [-0.39, 0.29) is 18.7 Å². The fourth-order valence-corrected chi connectivity index (χ4v) is 5.45. The quantitative estimate of drug-likeness (QED) is 0.262. The number of amides is 1. The van der Waals surface area contributed by atoms with Crippen LogP contribution < -0.4 is 10.2 Å². The SMILES string of the molecule is C/C(=C(/C#N)C(=O)NCC1CO[C@H](CO)[C@@H](O)[C@@H]1O)c1ccc(-c2ccc3cc(N4CCCCC4)ccc3c2)o1. The minimum absolute atomic E-state index is 0.00631. The Morgan fingerprint density at radius 3 is 2.55 bits per heavy atom. The zero-order valence-electron chi connectivity index (χ0n) is 22.5. The number of hydrogen-bond donors (Lipinski definition) is 4. The van der Waals surface area contributed by atoms with E-state index in [1.165, 1.54) is 24.9 Å². The van der Waals surface area contributed by atoms with Crippen LogP contribution in [0.25, 0.3) is 27.7 Å². The lowest BCUT2D eigenvalue weighted by atomic mass is 9.92. The summed E-state index contributed by atoms with van der Waals surface area (Å²) < 4.78 is 11.4. The Labute approximate surface area is 233 Å². The average molecular weight is 546 g/mol. The van der Waals surface area contributed by atoms with Crippen molar-refractivity contribution in [1.29, 1.82) is 5.26 Å². The topological polar surface area (TPSA) is 139 Å². The van der Waals surface area contributed by atoms with Crippen LogP contribution in [-0.2, 0) is 9.53 Å². The zero-order chi connectivity index (χ0) is 28.2. The summed E-state index contributed by atoms with van der Waals surface area (Å²) in [5.74, 6) is -0.159. The minimum atomic E-state index is -1.26. The van der Waals surface area contributed by atoms with Crippen molar-refractivity contribution in [3.05, 3.63) is 59.9 Å². The number of piperidine rings is 1. The highest BCUT2D eigenvalue weighted by molar-refractivity contribution is 6.04. The number of nitrogens with one attached hydrogen (secondary N) is 1. The van der Waals surface area contributed by atoms with Crippen molar-refractivity contribution in [3.8, 4) is 17.4 Å². The fourth-order valence-electron chi connectivity index (χ4n) is 5.45. The van der Waals surface area contributed by atoms with Crippen LogP contribution in [0, 0.1) is 17.2 Å². The summed E-state index contributed by atoms with van der Waals surface area (Å²) in [6.45, 7) is 3.48. The lowest BCUT2D eigenvalue weighted by molar-refractivity contribution is -0.173. The van der Waals surface area contributed by atoms with E-state index in [1.807, 2.05) is 18.2 Å². The Bertz CT molecular complexity index is 1430. The molecule has 0 spiro atoms. The molecule has 4 atom stereocenters. The van der Waals surface area contributed by atoms with E-state index in [1.54, 1.807) is 13.0 Å². The molecule has 2 fully saturated rings. The Kier molecular flexibility index (Phi) is 8.52. The van der Waals surface area contributed by atoms with Crippen LogP contribution in [0.1, 0.15) is 31.9 Å². The predicted octanol–water partition coefficient (Wildman–Crippen LogP) is 3.23.